The molecule has 6 heteroatoms. The Bertz CT molecular complexity index is 904. The third kappa shape index (κ3) is 4.22. The molecule has 0 fully saturated rings. The van der Waals surface area contributed by atoms with Crippen LogP contribution in [0.3, 0.4) is 0 Å². The molecule has 0 spiro atoms. The minimum atomic E-state index is -0.208. The quantitative estimate of drug-likeness (QED) is 0.629. The number of furan rings is 1. The smallest absolute Gasteiger partial charge is 0.220 e. The van der Waals surface area contributed by atoms with Gasteiger partial charge in [0.2, 0.25) is 11.7 Å². The molecule has 148 valence electrons. The summed E-state index contributed by atoms with van der Waals surface area (Å²) in [6.45, 7) is 1.91. The fourth-order valence-corrected chi connectivity index (χ4v) is 3.14. The summed E-state index contributed by atoms with van der Waals surface area (Å²) < 4.78 is 21.9. The van der Waals surface area contributed by atoms with E-state index in [9.17, 15) is 4.79 Å². The van der Waals surface area contributed by atoms with E-state index >= 15 is 0 Å². The molecule has 1 aromatic heterocycles. The Morgan fingerprint density at radius 1 is 1.04 bits per heavy atom. The standard InChI is InChI=1S/C22H25NO5/c1-14(18-13-16-7-5-6-8-17(16)28-18)23-21(24)10-9-15-11-19(25-2)22(27-4)20(12-15)26-3/h5-8,11-14H,9-10H2,1-4H3,(H,23,24)/t14-/m1/s1. The zero-order chi connectivity index (χ0) is 20.1. The van der Waals surface area contributed by atoms with E-state index in [1.54, 1.807) is 21.3 Å². The third-order valence-electron chi connectivity index (χ3n) is 4.61. The van der Waals surface area contributed by atoms with Crippen molar-refractivity contribution in [3.8, 4) is 17.2 Å². The van der Waals surface area contributed by atoms with Gasteiger partial charge in [-0.3, -0.25) is 4.79 Å². The molecule has 28 heavy (non-hydrogen) atoms. The Kier molecular flexibility index (Phi) is 6.09. The van der Waals surface area contributed by atoms with Crippen LogP contribution in [0.25, 0.3) is 11.0 Å². The summed E-state index contributed by atoms with van der Waals surface area (Å²) in [6, 6.07) is 13.3. The normalized spacial score (nSPS) is 11.9. The van der Waals surface area contributed by atoms with Crippen molar-refractivity contribution < 1.29 is 23.4 Å². The van der Waals surface area contributed by atoms with Crippen LogP contribution in [-0.2, 0) is 11.2 Å². The number of methoxy groups -OCH3 is 3. The highest BCUT2D eigenvalue weighted by molar-refractivity contribution is 5.79. The maximum Gasteiger partial charge on any atom is 0.220 e. The van der Waals surface area contributed by atoms with Crippen molar-refractivity contribution in [1.82, 2.24) is 5.32 Å². The number of ether oxygens (including phenoxy) is 3. The molecule has 0 aliphatic carbocycles. The Labute approximate surface area is 164 Å². The molecule has 1 amide bonds. The molecule has 1 N–H and O–H groups in total. The van der Waals surface area contributed by atoms with Crippen LogP contribution in [-0.4, -0.2) is 27.2 Å². The van der Waals surface area contributed by atoms with Crippen LogP contribution in [0, 0.1) is 0 Å². The molecule has 0 saturated heterocycles. The van der Waals surface area contributed by atoms with Crippen molar-refractivity contribution in [2.24, 2.45) is 0 Å². The number of aryl methyl sites for hydroxylation is 1. The van der Waals surface area contributed by atoms with E-state index in [1.165, 1.54) is 0 Å². The molecule has 0 unspecified atom stereocenters. The van der Waals surface area contributed by atoms with Crippen molar-refractivity contribution in [2.45, 2.75) is 25.8 Å². The predicted octanol–water partition coefficient (Wildman–Crippen LogP) is 4.27. The summed E-state index contributed by atoms with van der Waals surface area (Å²) in [5, 5.41) is 4.01. The number of nitrogens with one attached hydrogen (secondary N) is 1. The maximum atomic E-state index is 12.4. The van der Waals surface area contributed by atoms with Gasteiger partial charge in [-0.25, -0.2) is 0 Å². The second kappa shape index (κ2) is 8.69. The monoisotopic (exact) mass is 383 g/mol. The van der Waals surface area contributed by atoms with Crippen molar-refractivity contribution in [3.05, 3.63) is 53.8 Å². The maximum absolute atomic E-state index is 12.4. The van der Waals surface area contributed by atoms with Crippen LogP contribution in [0.4, 0.5) is 0 Å². The Morgan fingerprint density at radius 2 is 1.71 bits per heavy atom. The van der Waals surface area contributed by atoms with Crippen molar-refractivity contribution in [2.75, 3.05) is 21.3 Å². The van der Waals surface area contributed by atoms with Gasteiger partial charge in [-0.2, -0.15) is 0 Å². The first-order valence-electron chi connectivity index (χ1n) is 9.12. The van der Waals surface area contributed by atoms with Gasteiger partial charge in [0, 0.05) is 11.8 Å². The number of hydrogen-bond donors (Lipinski definition) is 1. The average molecular weight is 383 g/mol. The third-order valence-corrected chi connectivity index (χ3v) is 4.61. The SMILES string of the molecule is COc1cc(CCC(=O)N[C@H](C)c2cc3ccccc3o2)cc(OC)c1OC. The number of benzene rings is 2. The van der Waals surface area contributed by atoms with E-state index in [-0.39, 0.29) is 11.9 Å². The van der Waals surface area contributed by atoms with Gasteiger partial charge in [0.25, 0.3) is 0 Å². The number of fused-ring (bicyclic) bond motifs is 1. The highest BCUT2D eigenvalue weighted by Gasteiger charge is 2.16. The molecule has 0 radical (unpaired) electrons. The van der Waals surface area contributed by atoms with Crippen LogP contribution in [0.15, 0.2) is 46.9 Å². The van der Waals surface area contributed by atoms with Crippen LogP contribution in [0.5, 0.6) is 17.2 Å². The van der Waals surface area contributed by atoms with Gasteiger partial charge in [-0.1, -0.05) is 18.2 Å². The van der Waals surface area contributed by atoms with Crippen LogP contribution < -0.4 is 19.5 Å². The first kappa shape index (κ1) is 19.6. The molecule has 0 aliphatic rings. The summed E-state index contributed by atoms with van der Waals surface area (Å²) in [7, 11) is 4.71. The van der Waals surface area contributed by atoms with Gasteiger partial charge in [0.15, 0.2) is 11.5 Å². The number of rotatable bonds is 8. The molecule has 1 atom stereocenters. The highest BCUT2D eigenvalue weighted by atomic mass is 16.5. The highest BCUT2D eigenvalue weighted by Crippen LogP contribution is 2.38. The lowest BCUT2D eigenvalue weighted by molar-refractivity contribution is -0.121. The molecule has 1 heterocycles. The summed E-state index contributed by atoms with van der Waals surface area (Å²) in [5.74, 6) is 2.38. The first-order valence-corrected chi connectivity index (χ1v) is 9.12. The van der Waals surface area contributed by atoms with Gasteiger partial charge in [0.1, 0.15) is 11.3 Å². The van der Waals surface area contributed by atoms with Gasteiger partial charge < -0.3 is 23.9 Å². The lowest BCUT2D eigenvalue weighted by Gasteiger charge is -2.15. The zero-order valence-corrected chi connectivity index (χ0v) is 16.6. The summed E-state index contributed by atoms with van der Waals surface area (Å²) in [4.78, 5) is 12.4. The van der Waals surface area contributed by atoms with Crippen LogP contribution >= 0.6 is 0 Å². The van der Waals surface area contributed by atoms with E-state index in [0.29, 0.717) is 30.1 Å². The van der Waals surface area contributed by atoms with Gasteiger partial charge >= 0.3 is 0 Å². The predicted molar refractivity (Wildman–Crippen MR) is 107 cm³/mol. The molecular weight excluding hydrogens is 358 g/mol. The van der Waals surface area contributed by atoms with E-state index in [4.69, 9.17) is 18.6 Å². The number of amides is 1. The van der Waals surface area contributed by atoms with E-state index in [0.717, 1.165) is 22.3 Å². The lowest BCUT2D eigenvalue weighted by Crippen LogP contribution is -2.26. The van der Waals surface area contributed by atoms with E-state index in [1.807, 2.05) is 49.4 Å². The molecule has 3 aromatic rings. The number of carbonyl (C=O) groups is 1. The topological polar surface area (TPSA) is 69.9 Å². The van der Waals surface area contributed by atoms with Crippen LogP contribution in [0.1, 0.15) is 30.7 Å². The molecule has 0 aliphatic heterocycles. The fraction of sp³-hybridized carbons (Fsp3) is 0.318. The van der Waals surface area contributed by atoms with Gasteiger partial charge in [-0.05, 0) is 43.2 Å². The van der Waals surface area contributed by atoms with Gasteiger partial charge in [-0.15, -0.1) is 0 Å². The summed E-state index contributed by atoms with van der Waals surface area (Å²) >= 11 is 0. The number of hydrogen-bond acceptors (Lipinski definition) is 5. The molecule has 3 rings (SSSR count). The minimum Gasteiger partial charge on any atom is -0.493 e. The largest absolute Gasteiger partial charge is 0.493 e. The minimum absolute atomic E-state index is 0.0540. The Hall–Kier alpha value is -3.15. The average Bonchev–Trinajstić information content (AvgIpc) is 3.15. The summed E-state index contributed by atoms with van der Waals surface area (Å²) in [6.07, 6.45) is 0.888. The summed E-state index contributed by atoms with van der Waals surface area (Å²) in [5.41, 5.74) is 1.75. The first-order chi connectivity index (χ1) is 13.5. The fourth-order valence-electron chi connectivity index (χ4n) is 3.14. The Balaban J connectivity index is 1.63. The van der Waals surface area contributed by atoms with Crippen molar-refractivity contribution in [3.63, 3.8) is 0 Å². The molecule has 0 saturated carbocycles. The number of para-hydroxylation sites is 1. The zero-order valence-electron chi connectivity index (χ0n) is 16.6. The van der Waals surface area contributed by atoms with E-state index < -0.39 is 0 Å². The van der Waals surface area contributed by atoms with Crippen LogP contribution in [0.2, 0.25) is 0 Å². The molecule has 2 aromatic carbocycles. The lowest BCUT2D eigenvalue weighted by atomic mass is 10.1. The van der Waals surface area contributed by atoms with E-state index in [2.05, 4.69) is 5.32 Å². The second-order valence-corrected chi connectivity index (χ2v) is 6.51. The number of carbonyl (C=O) groups excluding carboxylic acids is 1. The van der Waals surface area contributed by atoms with Crippen molar-refractivity contribution in [1.29, 1.82) is 0 Å². The van der Waals surface area contributed by atoms with Crippen molar-refractivity contribution >= 4 is 16.9 Å². The molecule has 6 nitrogen and oxygen atoms in total. The van der Waals surface area contributed by atoms with Gasteiger partial charge in [0.05, 0.1) is 27.4 Å². The second-order valence-electron chi connectivity index (χ2n) is 6.51. The molecule has 0 bridgehead atoms. The Morgan fingerprint density at radius 3 is 2.32 bits per heavy atom. The molecular formula is C22H25NO5.